The maximum absolute atomic E-state index is 14.3. The van der Waals surface area contributed by atoms with E-state index in [2.05, 4.69) is 20.7 Å². The van der Waals surface area contributed by atoms with Crippen LogP contribution >= 0.6 is 0 Å². The summed E-state index contributed by atoms with van der Waals surface area (Å²) in [5, 5.41) is 8.96. The molecule has 0 saturated heterocycles. The Morgan fingerprint density at radius 1 is 0.882 bits per heavy atom. The molecule has 2 heterocycles. The lowest BCUT2D eigenvalue weighted by molar-refractivity contribution is 0.101. The van der Waals surface area contributed by atoms with E-state index >= 15 is 0 Å². The predicted molar refractivity (Wildman–Crippen MR) is 121 cm³/mol. The van der Waals surface area contributed by atoms with Gasteiger partial charge in [0.2, 0.25) is 5.43 Å². The van der Waals surface area contributed by atoms with Crippen LogP contribution in [0.4, 0.5) is 20.2 Å². The summed E-state index contributed by atoms with van der Waals surface area (Å²) in [6.07, 6.45) is 1.44. The van der Waals surface area contributed by atoms with Crippen LogP contribution in [0.2, 0.25) is 0 Å². The lowest BCUT2D eigenvalue weighted by Crippen LogP contribution is -2.27. The van der Waals surface area contributed by atoms with Gasteiger partial charge in [-0.1, -0.05) is 18.2 Å². The third-order valence-corrected chi connectivity index (χ3v) is 4.78. The van der Waals surface area contributed by atoms with Crippen molar-refractivity contribution in [3.8, 4) is 5.69 Å². The normalized spacial score (nSPS) is 10.6. The van der Waals surface area contributed by atoms with E-state index in [-0.39, 0.29) is 22.8 Å². The van der Waals surface area contributed by atoms with Crippen LogP contribution in [-0.4, -0.2) is 26.6 Å². The zero-order chi connectivity index (χ0) is 24.2. The Bertz CT molecular complexity index is 1450. The van der Waals surface area contributed by atoms with Crippen LogP contribution in [0.3, 0.4) is 0 Å². The zero-order valence-electron chi connectivity index (χ0n) is 17.8. The fourth-order valence-electron chi connectivity index (χ4n) is 3.17. The number of amides is 2. The average Bonchev–Trinajstić information content (AvgIpc) is 2.82. The van der Waals surface area contributed by atoms with Crippen LogP contribution in [0.5, 0.6) is 0 Å². The van der Waals surface area contributed by atoms with Crippen LogP contribution in [0.15, 0.2) is 77.7 Å². The molecule has 0 radical (unpaired) electrons. The summed E-state index contributed by atoms with van der Waals surface area (Å²) in [6, 6.07) is 15.0. The summed E-state index contributed by atoms with van der Waals surface area (Å²) in [4.78, 5) is 41.8. The van der Waals surface area contributed by atoms with E-state index in [1.165, 1.54) is 36.5 Å². The third kappa shape index (κ3) is 4.70. The highest BCUT2D eigenvalue weighted by Crippen LogP contribution is 2.24. The number of rotatable bonds is 5. The molecule has 2 N–H and O–H groups in total. The molecule has 0 aliphatic heterocycles. The number of halogens is 2. The molecular weight excluding hydrogens is 444 g/mol. The molecule has 2 aromatic heterocycles. The number of nitrogens with zero attached hydrogens (tertiary/aromatic N) is 3. The van der Waals surface area contributed by atoms with Gasteiger partial charge in [0.05, 0.1) is 11.4 Å². The molecule has 0 bridgehead atoms. The third-order valence-electron chi connectivity index (χ3n) is 4.78. The van der Waals surface area contributed by atoms with Crippen LogP contribution in [0, 0.1) is 18.6 Å². The van der Waals surface area contributed by atoms with Crippen molar-refractivity contribution in [1.29, 1.82) is 0 Å². The number of aryl methyl sites for hydroxylation is 1. The molecule has 2 amide bonds. The number of nitrogens with one attached hydrogen (secondary N) is 2. The smallest absolute Gasteiger partial charge is 0.280 e. The Hall–Kier alpha value is -4.73. The Kier molecular flexibility index (Phi) is 6.22. The van der Waals surface area contributed by atoms with Gasteiger partial charge in [0.1, 0.15) is 23.0 Å². The number of carbonyl (C=O) groups is 2. The lowest BCUT2D eigenvalue weighted by Gasteiger charge is -2.14. The highest BCUT2D eigenvalue weighted by molar-refractivity contribution is 6.08. The van der Waals surface area contributed by atoms with E-state index in [1.54, 1.807) is 25.1 Å². The number of hydrogen-bond acceptors (Lipinski definition) is 5. The molecule has 4 rings (SSSR count). The first-order chi connectivity index (χ1) is 16.3. The summed E-state index contributed by atoms with van der Waals surface area (Å²) < 4.78 is 29.3. The Balaban J connectivity index is 1.66. The Morgan fingerprint density at radius 2 is 1.62 bits per heavy atom. The van der Waals surface area contributed by atoms with Crippen molar-refractivity contribution < 1.29 is 18.4 Å². The molecule has 0 atom stereocenters. The SMILES string of the molecule is Cc1cc(=O)c(C(=O)Nc2cc(F)ccc2NC(=O)c2ccccn2)nn1-c1ccccc1F. The number of para-hydroxylation sites is 1. The predicted octanol–water partition coefficient (Wildman–Crippen LogP) is 3.72. The van der Waals surface area contributed by atoms with Crippen molar-refractivity contribution in [2.75, 3.05) is 10.6 Å². The fourth-order valence-corrected chi connectivity index (χ4v) is 3.17. The van der Waals surface area contributed by atoms with Crippen molar-refractivity contribution in [3.05, 3.63) is 112 Å². The number of carbonyl (C=O) groups excluding carboxylic acids is 2. The summed E-state index contributed by atoms with van der Waals surface area (Å²) in [7, 11) is 0. The molecule has 0 aliphatic rings. The van der Waals surface area contributed by atoms with E-state index in [9.17, 15) is 23.2 Å². The Labute approximate surface area is 191 Å². The van der Waals surface area contributed by atoms with Gasteiger partial charge < -0.3 is 10.6 Å². The first kappa shape index (κ1) is 22.5. The molecule has 4 aromatic rings. The van der Waals surface area contributed by atoms with Crippen molar-refractivity contribution in [1.82, 2.24) is 14.8 Å². The first-order valence-corrected chi connectivity index (χ1v) is 10.0. The molecule has 0 aliphatic carbocycles. The number of aromatic nitrogens is 3. The van der Waals surface area contributed by atoms with E-state index in [4.69, 9.17) is 0 Å². The van der Waals surface area contributed by atoms with Gasteiger partial charge in [-0.25, -0.2) is 13.5 Å². The largest absolute Gasteiger partial charge is 0.319 e. The van der Waals surface area contributed by atoms with Crippen molar-refractivity contribution in [2.45, 2.75) is 6.92 Å². The highest BCUT2D eigenvalue weighted by Gasteiger charge is 2.19. The second-order valence-corrected chi connectivity index (χ2v) is 7.17. The minimum absolute atomic E-state index is 0.0446. The summed E-state index contributed by atoms with van der Waals surface area (Å²) in [5.41, 5.74) is -0.820. The summed E-state index contributed by atoms with van der Waals surface area (Å²) >= 11 is 0. The van der Waals surface area contributed by atoms with E-state index in [0.717, 1.165) is 22.9 Å². The van der Waals surface area contributed by atoms with E-state index in [1.807, 2.05) is 0 Å². The zero-order valence-corrected chi connectivity index (χ0v) is 17.8. The molecule has 2 aromatic carbocycles. The van der Waals surface area contributed by atoms with Gasteiger partial charge in [0.25, 0.3) is 11.8 Å². The first-order valence-electron chi connectivity index (χ1n) is 10.0. The van der Waals surface area contributed by atoms with Crippen LogP contribution < -0.4 is 16.1 Å². The van der Waals surface area contributed by atoms with Crippen molar-refractivity contribution in [3.63, 3.8) is 0 Å². The standard InChI is InChI=1S/C24H17F2N5O3/c1-14-12-21(32)22(30-31(14)20-8-3-2-6-16(20)26)24(34)29-19-13-15(25)9-10-17(19)28-23(33)18-7-4-5-11-27-18/h2-13H,1H3,(H,28,33)(H,29,34). The topological polar surface area (TPSA) is 106 Å². The van der Waals surface area contributed by atoms with Gasteiger partial charge >= 0.3 is 0 Å². The molecule has 34 heavy (non-hydrogen) atoms. The molecule has 10 heteroatoms. The minimum atomic E-state index is -0.964. The maximum atomic E-state index is 14.3. The molecule has 0 saturated carbocycles. The number of benzene rings is 2. The molecular formula is C24H17F2N5O3. The van der Waals surface area contributed by atoms with Gasteiger partial charge in [0, 0.05) is 18.0 Å². The van der Waals surface area contributed by atoms with E-state index in [0.29, 0.717) is 5.69 Å². The lowest BCUT2D eigenvalue weighted by atomic mass is 10.2. The molecule has 0 unspecified atom stereocenters. The van der Waals surface area contributed by atoms with Crippen molar-refractivity contribution in [2.24, 2.45) is 0 Å². The second-order valence-electron chi connectivity index (χ2n) is 7.17. The average molecular weight is 461 g/mol. The summed E-state index contributed by atoms with van der Waals surface area (Å²) in [6.45, 7) is 1.54. The van der Waals surface area contributed by atoms with Gasteiger partial charge in [-0.2, -0.15) is 5.10 Å². The monoisotopic (exact) mass is 461 g/mol. The molecule has 0 spiro atoms. The quantitative estimate of drug-likeness (QED) is 0.471. The van der Waals surface area contributed by atoms with Crippen molar-refractivity contribution >= 4 is 23.2 Å². The summed E-state index contributed by atoms with van der Waals surface area (Å²) in [5.74, 6) is -2.84. The van der Waals surface area contributed by atoms with E-state index < -0.39 is 34.6 Å². The number of hydrogen-bond donors (Lipinski definition) is 2. The van der Waals surface area contributed by atoms with Crippen LogP contribution in [0.1, 0.15) is 26.7 Å². The maximum Gasteiger partial charge on any atom is 0.280 e. The van der Waals surface area contributed by atoms with Gasteiger partial charge in [-0.15, -0.1) is 0 Å². The van der Waals surface area contributed by atoms with Gasteiger partial charge in [-0.05, 0) is 49.4 Å². The fraction of sp³-hybridized carbons (Fsp3) is 0.0417. The molecule has 0 fully saturated rings. The molecule has 8 nitrogen and oxygen atoms in total. The van der Waals surface area contributed by atoms with Crippen LogP contribution in [-0.2, 0) is 0 Å². The second kappa shape index (κ2) is 9.41. The molecule has 170 valence electrons. The van der Waals surface area contributed by atoms with Gasteiger partial charge in [-0.3, -0.25) is 19.4 Å². The Morgan fingerprint density at radius 3 is 2.35 bits per heavy atom. The number of anilines is 2. The van der Waals surface area contributed by atoms with Crippen LogP contribution in [0.25, 0.3) is 5.69 Å². The highest BCUT2D eigenvalue weighted by atomic mass is 19.1. The number of pyridine rings is 1. The van der Waals surface area contributed by atoms with Gasteiger partial charge in [0.15, 0.2) is 5.69 Å². The minimum Gasteiger partial charge on any atom is -0.319 e.